The number of aryl methyl sites for hydroxylation is 1. The number of nitrogens with zero attached hydrogens (tertiary/aromatic N) is 1. The highest BCUT2D eigenvalue weighted by atomic mass is 16.7. The number of rotatable bonds is 9. The first-order chi connectivity index (χ1) is 20.4. The van der Waals surface area contributed by atoms with E-state index in [2.05, 4.69) is 22.1 Å². The smallest absolute Gasteiger partial charge is 0.240 e. The van der Waals surface area contributed by atoms with Crippen LogP contribution in [0.1, 0.15) is 34.7 Å². The molecular formula is C34H37N3O5. The van der Waals surface area contributed by atoms with Crippen LogP contribution in [0.4, 0.5) is 0 Å². The lowest BCUT2D eigenvalue weighted by atomic mass is 9.92. The number of amides is 1. The van der Waals surface area contributed by atoms with Crippen LogP contribution in [0.15, 0.2) is 72.9 Å². The van der Waals surface area contributed by atoms with Crippen LogP contribution in [0.5, 0.6) is 5.75 Å². The molecule has 2 heterocycles. The second kappa shape index (κ2) is 13.2. The molecule has 1 aliphatic rings. The average Bonchev–Trinajstić information content (AvgIpc) is 3.58. The van der Waals surface area contributed by atoms with E-state index in [1.165, 1.54) is 5.56 Å². The number of methoxy groups -OCH3 is 1. The molecule has 1 fully saturated rings. The van der Waals surface area contributed by atoms with Crippen molar-refractivity contribution in [2.24, 2.45) is 5.92 Å². The number of aromatic nitrogens is 1. The molecule has 42 heavy (non-hydrogen) atoms. The van der Waals surface area contributed by atoms with E-state index in [1.807, 2.05) is 79.9 Å². The molecule has 0 bridgehead atoms. The number of nitrogens with one attached hydrogen (secondary N) is 2. The van der Waals surface area contributed by atoms with Crippen molar-refractivity contribution in [1.29, 1.82) is 0 Å². The Kier molecular flexibility index (Phi) is 9.25. The fraction of sp³-hybridized carbons (Fsp3) is 0.324. The molecule has 4 aromatic rings. The number of hydrogen-bond donors (Lipinski definition) is 4. The van der Waals surface area contributed by atoms with Gasteiger partial charge < -0.3 is 25.3 Å². The maximum Gasteiger partial charge on any atom is 0.240 e. The van der Waals surface area contributed by atoms with Crippen molar-refractivity contribution >= 4 is 16.8 Å². The van der Waals surface area contributed by atoms with Crippen molar-refractivity contribution < 1.29 is 24.6 Å². The summed E-state index contributed by atoms with van der Waals surface area (Å²) in [4.78, 5) is 22.8. The number of aliphatic hydroxyl groups is 2. The highest BCUT2D eigenvalue weighted by Gasteiger charge is 2.48. The second-order valence-electron chi connectivity index (χ2n) is 10.8. The Balaban J connectivity index is 1.26. The van der Waals surface area contributed by atoms with Crippen LogP contribution in [-0.2, 0) is 22.6 Å². The van der Waals surface area contributed by atoms with Crippen LogP contribution >= 0.6 is 0 Å². The number of benzene rings is 3. The van der Waals surface area contributed by atoms with E-state index in [0.29, 0.717) is 19.5 Å². The van der Waals surface area contributed by atoms with E-state index in [0.717, 1.165) is 38.9 Å². The lowest BCUT2D eigenvalue weighted by Crippen LogP contribution is -2.48. The monoisotopic (exact) mass is 567 g/mol. The summed E-state index contributed by atoms with van der Waals surface area (Å²) in [7, 11) is 1.64. The van der Waals surface area contributed by atoms with Crippen LogP contribution in [0.3, 0.4) is 0 Å². The normalized spacial score (nSPS) is 19.3. The number of carbonyl (C=O) groups excluding carboxylic acids is 1. The van der Waals surface area contributed by atoms with Crippen LogP contribution < -0.4 is 10.1 Å². The zero-order valence-corrected chi connectivity index (χ0v) is 24.1. The number of fused-ring (bicyclic) bond motifs is 1. The van der Waals surface area contributed by atoms with Crippen molar-refractivity contribution in [2.75, 3.05) is 20.3 Å². The summed E-state index contributed by atoms with van der Waals surface area (Å²) < 4.78 is 5.36. The lowest BCUT2D eigenvalue weighted by Gasteiger charge is -2.24. The zero-order chi connectivity index (χ0) is 29.6. The molecule has 0 unspecified atom stereocenters. The Morgan fingerprint density at radius 3 is 2.43 bits per heavy atom. The standard InChI is InChI=1S/C34H37N3O5/c1-22-4-6-24(7-5-22)8-9-25-10-12-26(13-11-25)20-37-32(30(21-38)33(42-37)23(2)39)34(40)35-17-16-27-19-36-31-15-14-28(41-3)18-29(27)31/h4-7,10-15,18-19,23,30,32-33,36,38-39H,16-17,20-21H2,1-3H3,(H,35,40)/t23-,30-,32-,33-/m0/s1. The quantitative estimate of drug-likeness (QED) is 0.230. The summed E-state index contributed by atoms with van der Waals surface area (Å²) in [5, 5.41) is 26.2. The predicted octanol–water partition coefficient (Wildman–Crippen LogP) is 3.72. The van der Waals surface area contributed by atoms with Crippen LogP contribution in [-0.4, -0.2) is 64.7 Å². The summed E-state index contributed by atoms with van der Waals surface area (Å²) in [5.41, 5.74) is 6.00. The Morgan fingerprint density at radius 1 is 1.10 bits per heavy atom. The second-order valence-corrected chi connectivity index (χ2v) is 10.8. The Hall–Kier alpha value is -4.13. The summed E-state index contributed by atoms with van der Waals surface area (Å²) in [6, 6.07) is 20.9. The van der Waals surface area contributed by atoms with Gasteiger partial charge in [0, 0.05) is 40.7 Å². The Bertz CT molecular complexity index is 1570. The van der Waals surface area contributed by atoms with Gasteiger partial charge in [0.1, 0.15) is 17.9 Å². The van der Waals surface area contributed by atoms with Gasteiger partial charge in [-0.3, -0.25) is 9.63 Å². The Labute approximate surface area is 246 Å². The number of hydrogen-bond acceptors (Lipinski definition) is 6. The molecule has 8 nitrogen and oxygen atoms in total. The van der Waals surface area contributed by atoms with Gasteiger partial charge in [-0.25, -0.2) is 0 Å². The minimum Gasteiger partial charge on any atom is -0.497 e. The minimum atomic E-state index is -0.858. The summed E-state index contributed by atoms with van der Waals surface area (Å²) in [6.07, 6.45) is 0.992. The van der Waals surface area contributed by atoms with Gasteiger partial charge in [0.05, 0.1) is 26.4 Å². The number of H-pyrrole nitrogens is 1. The SMILES string of the molecule is COc1ccc2[nH]cc(CCNC(=O)[C@@H]3[C@H](CO)[C@H]([C@H](C)O)ON3Cc3ccc(C#Cc4ccc(C)cc4)cc3)c2c1. The largest absolute Gasteiger partial charge is 0.497 e. The fourth-order valence-electron chi connectivity index (χ4n) is 5.37. The van der Waals surface area contributed by atoms with Crippen molar-refractivity contribution in [3.63, 3.8) is 0 Å². The maximum absolute atomic E-state index is 13.5. The highest BCUT2D eigenvalue weighted by molar-refractivity contribution is 5.85. The first-order valence-electron chi connectivity index (χ1n) is 14.2. The van der Waals surface area contributed by atoms with Crippen molar-refractivity contribution in [3.8, 4) is 17.6 Å². The molecular weight excluding hydrogens is 530 g/mol. The van der Waals surface area contributed by atoms with Gasteiger partial charge in [0.25, 0.3) is 0 Å². The minimum absolute atomic E-state index is 0.254. The number of aromatic amines is 1. The summed E-state index contributed by atoms with van der Waals surface area (Å²) >= 11 is 0. The molecule has 4 N–H and O–H groups in total. The van der Waals surface area contributed by atoms with Crippen molar-refractivity contribution in [2.45, 2.75) is 45.1 Å². The van der Waals surface area contributed by atoms with E-state index in [4.69, 9.17) is 9.57 Å². The summed E-state index contributed by atoms with van der Waals surface area (Å²) in [6.45, 7) is 4.08. The first-order valence-corrected chi connectivity index (χ1v) is 14.2. The zero-order valence-electron chi connectivity index (χ0n) is 24.1. The summed E-state index contributed by atoms with van der Waals surface area (Å²) in [5.74, 6) is 6.30. The van der Waals surface area contributed by atoms with E-state index >= 15 is 0 Å². The van der Waals surface area contributed by atoms with E-state index < -0.39 is 24.2 Å². The van der Waals surface area contributed by atoms with Gasteiger partial charge in [-0.15, -0.1) is 0 Å². The van der Waals surface area contributed by atoms with Crippen LogP contribution in [0.2, 0.25) is 0 Å². The molecule has 4 atom stereocenters. The number of hydroxylamine groups is 2. The average molecular weight is 568 g/mol. The van der Waals surface area contributed by atoms with Crippen molar-refractivity contribution in [1.82, 2.24) is 15.4 Å². The van der Waals surface area contributed by atoms with Gasteiger partial charge in [0.2, 0.25) is 5.91 Å². The molecule has 5 rings (SSSR count). The molecule has 0 radical (unpaired) electrons. The molecule has 3 aromatic carbocycles. The number of ether oxygens (including phenoxy) is 1. The van der Waals surface area contributed by atoms with Gasteiger partial charge in [-0.1, -0.05) is 41.7 Å². The molecule has 1 aliphatic heterocycles. The topological polar surface area (TPSA) is 107 Å². The molecule has 218 valence electrons. The molecule has 1 aromatic heterocycles. The van der Waals surface area contributed by atoms with E-state index in [-0.39, 0.29) is 12.5 Å². The third-order valence-electron chi connectivity index (χ3n) is 7.71. The molecule has 8 heteroatoms. The fourth-order valence-corrected chi connectivity index (χ4v) is 5.37. The van der Waals surface area contributed by atoms with Gasteiger partial charge in [0.15, 0.2) is 0 Å². The third-order valence-corrected chi connectivity index (χ3v) is 7.71. The van der Waals surface area contributed by atoms with Crippen LogP contribution in [0, 0.1) is 24.7 Å². The van der Waals surface area contributed by atoms with E-state index in [1.54, 1.807) is 19.1 Å². The maximum atomic E-state index is 13.5. The number of aliphatic hydroxyl groups excluding tert-OH is 2. The Morgan fingerprint density at radius 2 is 1.79 bits per heavy atom. The molecule has 1 amide bonds. The van der Waals surface area contributed by atoms with Crippen LogP contribution in [0.25, 0.3) is 10.9 Å². The van der Waals surface area contributed by atoms with Gasteiger partial charge >= 0.3 is 0 Å². The predicted molar refractivity (Wildman–Crippen MR) is 162 cm³/mol. The van der Waals surface area contributed by atoms with Crippen molar-refractivity contribution in [3.05, 3.63) is 101 Å². The molecule has 0 saturated carbocycles. The molecule has 1 saturated heterocycles. The molecule has 0 aliphatic carbocycles. The molecule has 0 spiro atoms. The lowest BCUT2D eigenvalue weighted by molar-refractivity contribution is -0.192. The van der Waals surface area contributed by atoms with Gasteiger partial charge in [-0.05, 0) is 73.9 Å². The highest BCUT2D eigenvalue weighted by Crippen LogP contribution is 2.31. The van der Waals surface area contributed by atoms with E-state index in [9.17, 15) is 15.0 Å². The first kappa shape index (κ1) is 29.4. The van der Waals surface area contributed by atoms with Gasteiger partial charge in [-0.2, -0.15) is 5.06 Å². The number of carbonyl (C=O) groups is 1. The third kappa shape index (κ3) is 6.67.